The molecule has 0 unspecified atom stereocenters. The third kappa shape index (κ3) is 4.48. The van der Waals surface area contributed by atoms with Crippen molar-refractivity contribution in [3.63, 3.8) is 0 Å². The number of carbonyl (C=O) groups excluding carboxylic acids is 1. The Hall–Kier alpha value is -4.17. The molecule has 0 bridgehead atoms. The van der Waals surface area contributed by atoms with Gasteiger partial charge in [-0.25, -0.2) is 9.97 Å². The van der Waals surface area contributed by atoms with Crippen LogP contribution in [-0.2, 0) is 0 Å². The van der Waals surface area contributed by atoms with Gasteiger partial charge in [0, 0.05) is 17.0 Å². The number of thiazole rings is 1. The second-order valence-corrected chi connectivity index (χ2v) is 8.70. The van der Waals surface area contributed by atoms with Gasteiger partial charge in [0.25, 0.3) is 5.91 Å². The van der Waals surface area contributed by atoms with Gasteiger partial charge in [-0.05, 0) is 49.4 Å². The minimum Gasteiger partial charge on any atom is -0.497 e. The summed E-state index contributed by atoms with van der Waals surface area (Å²) in [6.07, 6.45) is 0. The summed E-state index contributed by atoms with van der Waals surface area (Å²) in [5.74, 6) is 1.80. The molecule has 8 heteroatoms. The lowest BCUT2D eigenvalue weighted by Gasteiger charge is -2.13. The number of benzene rings is 3. The maximum absolute atomic E-state index is 13.5. The summed E-state index contributed by atoms with van der Waals surface area (Å²) in [5.41, 5.74) is 3.39. The molecule has 35 heavy (non-hydrogen) atoms. The second kappa shape index (κ2) is 9.60. The second-order valence-electron chi connectivity index (χ2n) is 7.67. The molecule has 0 aliphatic heterocycles. The Bertz CT molecular complexity index is 1550. The SMILES string of the molecule is CCOc1ccc2nc(NC(=O)c3cc(-c4ccc(OC)cc4OC)nc4ccccc34)sc2c1. The van der Waals surface area contributed by atoms with Crippen LogP contribution in [0.25, 0.3) is 32.4 Å². The van der Waals surface area contributed by atoms with Crippen LogP contribution < -0.4 is 19.5 Å². The van der Waals surface area contributed by atoms with Crippen molar-refractivity contribution >= 4 is 43.5 Å². The average molecular weight is 486 g/mol. The van der Waals surface area contributed by atoms with Crippen LogP contribution in [-0.4, -0.2) is 36.7 Å². The van der Waals surface area contributed by atoms with E-state index in [9.17, 15) is 4.79 Å². The monoisotopic (exact) mass is 485 g/mol. The third-order valence-corrected chi connectivity index (χ3v) is 6.47. The molecular weight excluding hydrogens is 462 g/mol. The Labute approximate surface area is 206 Å². The van der Waals surface area contributed by atoms with E-state index in [1.165, 1.54) is 11.3 Å². The number of para-hydroxylation sites is 1. The molecule has 0 spiro atoms. The molecule has 7 nitrogen and oxygen atoms in total. The first-order chi connectivity index (χ1) is 17.1. The summed E-state index contributed by atoms with van der Waals surface area (Å²) in [4.78, 5) is 22.8. The number of ether oxygens (including phenoxy) is 3. The van der Waals surface area contributed by atoms with E-state index in [2.05, 4.69) is 10.3 Å². The highest BCUT2D eigenvalue weighted by Crippen LogP contribution is 2.35. The fourth-order valence-electron chi connectivity index (χ4n) is 3.89. The number of aromatic nitrogens is 2. The van der Waals surface area contributed by atoms with Crippen molar-refractivity contribution in [2.75, 3.05) is 26.1 Å². The molecule has 5 aromatic rings. The van der Waals surface area contributed by atoms with Gasteiger partial charge in [-0.3, -0.25) is 10.1 Å². The normalized spacial score (nSPS) is 10.9. The van der Waals surface area contributed by atoms with Crippen molar-refractivity contribution in [3.05, 3.63) is 72.3 Å². The van der Waals surface area contributed by atoms with E-state index in [1.54, 1.807) is 26.4 Å². The Morgan fingerprint density at radius 2 is 1.74 bits per heavy atom. The molecule has 176 valence electrons. The van der Waals surface area contributed by atoms with Crippen molar-refractivity contribution in [1.29, 1.82) is 0 Å². The van der Waals surface area contributed by atoms with Gasteiger partial charge in [-0.1, -0.05) is 29.5 Å². The van der Waals surface area contributed by atoms with Gasteiger partial charge >= 0.3 is 0 Å². The molecule has 2 aromatic heterocycles. The number of nitrogens with one attached hydrogen (secondary N) is 1. The largest absolute Gasteiger partial charge is 0.497 e. The number of hydrogen-bond donors (Lipinski definition) is 1. The minimum absolute atomic E-state index is 0.263. The van der Waals surface area contributed by atoms with Crippen LogP contribution in [0.5, 0.6) is 17.2 Å². The van der Waals surface area contributed by atoms with Crippen LogP contribution in [0.2, 0.25) is 0 Å². The summed E-state index contributed by atoms with van der Waals surface area (Å²) in [6, 6.07) is 20.6. The Balaban J connectivity index is 1.55. The first-order valence-electron chi connectivity index (χ1n) is 11.1. The van der Waals surface area contributed by atoms with Crippen molar-refractivity contribution in [2.45, 2.75) is 6.92 Å². The summed E-state index contributed by atoms with van der Waals surface area (Å²) in [5, 5.41) is 4.23. The first kappa shape index (κ1) is 22.6. The summed E-state index contributed by atoms with van der Waals surface area (Å²) in [7, 11) is 3.20. The van der Waals surface area contributed by atoms with E-state index >= 15 is 0 Å². The van der Waals surface area contributed by atoms with Crippen molar-refractivity contribution in [1.82, 2.24) is 9.97 Å². The number of rotatable bonds is 7. The maximum Gasteiger partial charge on any atom is 0.258 e. The van der Waals surface area contributed by atoms with Gasteiger partial charge in [0.1, 0.15) is 17.2 Å². The van der Waals surface area contributed by atoms with Crippen LogP contribution in [0.15, 0.2) is 66.7 Å². The number of hydrogen-bond acceptors (Lipinski definition) is 7. The molecular formula is C27H23N3O4S. The number of pyridine rings is 1. The zero-order chi connectivity index (χ0) is 24.4. The van der Waals surface area contributed by atoms with Gasteiger partial charge in [-0.15, -0.1) is 0 Å². The molecule has 1 N–H and O–H groups in total. The van der Waals surface area contributed by atoms with Crippen LogP contribution in [0.4, 0.5) is 5.13 Å². The Kier molecular flexibility index (Phi) is 6.20. The van der Waals surface area contributed by atoms with E-state index in [-0.39, 0.29) is 5.91 Å². The molecule has 1 amide bonds. The molecule has 0 atom stereocenters. The molecule has 2 heterocycles. The van der Waals surface area contributed by atoms with Crippen molar-refractivity contribution in [3.8, 4) is 28.5 Å². The van der Waals surface area contributed by atoms with E-state index < -0.39 is 0 Å². The minimum atomic E-state index is -0.263. The lowest BCUT2D eigenvalue weighted by Crippen LogP contribution is -2.13. The summed E-state index contributed by atoms with van der Waals surface area (Å²) < 4.78 is 17.4. The van der Waals surface area contributed by atoms with Crippen LogP contribution >= 0.6 is 11.3 Å². The van der Waals surface area contributed by atoms with Gasteiger partial charge < -0.3 is 14.2 Å². The Morgan fingerprint density at radius 3 is 2.54 bits per heavy atom. The Morgan fingerprint density at radius 1 is 0.914 bits per heavy atom. The topological polar surface area (TPSA) is 82.6 Å². The van der Waals surface area contributed by atoms with Crippen LogP contribution in [0, 0.1) is 0 Å². The van der Waals surface area contributed by atoms with Gasteiger partial charge in [0.15, 0.2) is 5.13 Å². The lowest BCUT2D eigenvalue weighted by atomic mass is 10.0. The molecule has 0 saturated carbocycles. The van der Waals surface area contributed by atoms with E-state index in [4.69, 9.17) is 19.2 Å². The number of amides is 1. The molecule has 3 aromatic carbocycles. The lowest BCUT2D eigenvalue weighted by molar-refractivity contribution is 0.102. The number of carbonyl (C=O) groups is 1. The third-order valence-electron chi connectivity index (χ3n) is 5.54. The molecule has 5 rings (SSSR count). The predicted molar refractivity (Wildman–Crippen MR) is 139 cm³/mol. The molecule has 0 aliphatic rings. The van der Waals surface area contributed by atoms with Gasteiger partial charge in [-0.2, -0.15) is 0 Å². The predicted octanol–water partition coefficient (Wildman–Crippen LogP) is 6.18. The molecule has 0 aliphatic carbocycles. The smallest absolute Gasteiger partial charge is 0.258 e. The quantitative estimate of drug-likeness (QED) is 0.296. The van der Waals surface area contributed by atoms with Crippen LogP contribution in [0.3, 0.4) is 0 Å². The van der Waals surface area contributed by atoms with E-state index in [1.807, 2.05) is 61.5 Å². The van der Waals surface area contributed by atoms with Crippen molar-refractivity contribution in [2.24, 2.45) is 0 Å². The zero-order valence-corrected chi connectivity index (χ0v) is 20.3. The number of nitrogens with zero attached hydrogens (tertiary/aromatic N) is 2. The average Bonchev–Trinajstić information content (AvgIpc) is 3.29. The summed E-state index contributed by atoms with van der Waals surface area (Å²) in [6.45, 7) is 2.53. The zero-order valence-electron chi connectivity index (χ0n) is 19.5. The highest BCUT2D eigenvalue weighted by molar-refractivity contribution is 7.22. The highest BCUT2D eigenvalue weighted by Gasteiger charge is 2.18. The van der Waals surface area contributed by atoms with Gasteiger partial charge in [0.05, 0.1) is 47.8 Å². The van der Waals surface area contributed by atoms with E-state index in [0.29, 0.717) is 40.0 Å². The maximum atomic E-state index is 13.5. The fourth-order valence-corrected chi connectivity index (χ4v) is 4.78. The highest BCUT2D eigenvalue weighted by atomic mass is 32.1. The number of anilines is 1. The molecule has 0 fully saturated rings. The van der Waals surface area contributed by atoms with Crippen molar-refractivity contribution < 1.29 is 19.0 Å². The fraction of sp³-hybridized carbons (Fsp3) is 0.148. The first-order valence-corrected chi connectivity index (χ1v) is 11.9. The standard InChI is InChI=1S/C27H23N3O4S/c1-4-34-17-10-12-22-25(14-17)35-27(29-22)30-26(31)20-15-23(28-21-8-6-5-7-18(20)21)19-11-9-16(32-2)13-24(19)33-3/h5-15H,4H2,1-3H3,(H,29,30,31). The number of fused-ring (bicyclic) bond motifs is 2. The number of methoxy groups -OCH3 is 2. The molecule has 0 saturated heterocycles. The molecule has 0 radical (unpaired) electrons. The van der Waals surface area contributed by atoms with E-state index in [0.717, 1.165) is 26.9 Å². The van der Waals surface area contributed by atoms with Gasteiger partial charge in [0.2, 0.25) is 0 Å². The van der Waals surface area contributed by atoms with Crippen LogP contribution in [0.1, 0.15) is 17.3 Å². The summed E-state index contributed by atoms with van der Waals surface area (Å²) >= 11 is 1.40.